The van der Waals surface area contributed by atoms with Gasteiger partial charge in [0.1, 0.15) is 23.9 Å². The molecular weight excluding hydrogens is 384 g/mol. The molecule has 2 aromatic carbocycles. The summed E-state index contributed by atoms with van der Waals surface area (Å²) in [6, 6.07) is 13.1. The van der Waals surface area contributed by atoms with E-state index in [0.29, 0.717) is 17.5 Å². The van der Waals surface area contributed by atoms with Crippen molar-refractivity contribution >= 4 is 36.7 Å². The van der Waals surface area contributed by atoms with Crippen LogP contribution in [0.5, 0.6) is 11.5 Å². The van der Waals surface area contributed by atoms with E-state index in [9.17, 15) is 8.42 Å². The highest BCUT2D eigenvalue weighted by atomic mass is 32.2. The van der Waals surface area contributed by atoms with E-state index in [-0.39, 0.29) is 12.4 Å². The van der Waals surface area contributed by atoms with Crippen LogP contribution in [-0.2, 0) is 16.4 Å². The van der Waals surface area contributed by atoms with E-state index in [1.54, 1.807) is 0 Å². The monoisotopic (exact) mass is 406 g/mol. The maximum atomic E-state index is 12.3. The van der Waals surface area contributed by atoms with Crippen molar-refractivity contribution < 1.29 is 17.9 Å². The maximum Gasteiger partial charge on any atom is 0.237 e. The summed E-state index contributed by atoms with van der Waals surface area (Å²) in [4.78, 5) is 4.32. The first-order valence-corrected chi connectivity index (χ1v) is 11.2. The minimum atomic E-state index is -3.54. The van der Waals surface area contributed by atoms with Gasteiger partial charge in [0, 0.05) is 0 Å². The molecule has 0 saturated carbocycles. The van der Waals surface area contributed by atoms with Gasteiger partial charge < -0.3 is 9.47 Å². The number of aryl methyl sites for hydroxylation is 1. The van der Waals surface area contributed by atoms with Gasteiger partial charge in [-0.3, -0.25) is 4.72 Å². The molecule has 0 aliphatic rings. The molecule has 0 bridgehead atoms. The fourth-order valence-electron chi connectivity index (χ4n) is 2.48. The minimum absolute atomic E-state index is 0.0696. The smallest absolute Gasteiger partial charge is 0.237 e. The molecule has 3 rings (SSSR count). The number of thiazole rings is 1. The first kappa shape index (κ1) is 19.4. The molecule has 0 aliphatic carbocycles. The fourth-order valence-corrected chi connectivity index (χ4v) is 4.49. The Bertz CT molecular complexity index is 998. The summed E-state index contributed by atoms with van der Waals surface area (Å²) in [5, 5.41) is 0.339. The van der Waals surface area contributed by atoms with Gasteiger partial charge in [0.15, 0.2) is 5.13 Å². The van der Waals surface area contributed by atoms with Crippen molar-refractivity contribution in [3.8, 4) is 11.5 Å². The molecule has 0 amide bonds. The number of hydrogen-bond acceptors (Lipinski definition) is 6. The molecule has 0 radical (unpaired) electrons. The van der Waals surface area contributed by atoms with E-state index in [1.807, 2.05) is 49.4 Å². The quantitative estimate of drug-likeness (QED) is 0.579. The summed E-state index contributed by atoms with van der Waals surface area (Å²) >= 11 is 1.28. The molecule has 1 aromatic heterocycles. The van der Waals surface area contributed by atoms with Gasteiger partial charge in [0.2, 0.25) is 10.0 Å². The maximum absolute atomic E-state index is 12.3. The Balaban J connectivity index is 1.59. The second-order valence-corrected chi connectivity index (χ2v) is 8.72. The van der Waals surface area contributed by atoms with Crippen molar-refractivity contribution in [1.29, 1.82) is 0 Å². The third kappa shape index (κ3) is 5.33. The van der Waals surface area contributed by atoms with Gasteiger partial charge in [-0.2, -0.15) is 0 Å². The molecule has 1 heterocycles. The van der Waals surface area contributed by atoms with Gasteiger partial charge in [0.05, 0.1) is 16.8 Å². The highest BCUT2D eigenvalue weighted by Gasteiger charge is 2.14. The molecule has 0 unspecified atom stereocenters. The van der Waals surface area contributed by atoms with Crippen LogP contribution in [0, 0.1) is 0 Å². The molecule has 6 nitrogen and oxygen atoms in total. The van der Waals surface area contributed by atoms with Crippen molar-refractivity contribution in [2.75, 3.05) is 23.7 Å². The van der Waals surface area contributed by atoms with Crippen LogP contribution < -0.4 is 14.2 Å². The normalized spacial score (nSPS) is 11.5. The molecule has 1 N–H and O–H groups in total. The molecule has 144 valence electrons. The Morgan fingerprint density at radius 2 is 1.78 bits per heavy atom. The lowest BCUT2D eigenvalue weighted by molar-refractivity contribution is 0.340. The minimum Gasteiger partial charge on any atom is -0.494 e. The molecule has 0 aliphatic heterocycles. The first-order chi connectivity index (χ1) is 13.0. The lowest BCUT2D eigenvalue weighted by Crippen LogP contribution is -2.21. The van der Waals surface area contributed by atoms with E-state index in [2.05, 4.69) is 16.6 Å². The van der Waals surface area contributed by atoms with Gasteiger partial charge in [-0.25, -0.2) is 13.4 Å². The Labute approximate surface area is 163 Å². The van der Waals surface area contributed by atoms with Gasteiger partial charge in [-0.15, -0.1) is 0 Å². The molecule has 0 atom stereocenters. The van der Waals surface area contributed by atoms with Crippen molar-refractivity contribution in [3.05, 3.63) is 48.0 Å². The molecular formula is C19H22N2O4S2. The second-order valence-electron chi connectivity index (χ2n) is 5.85. The standard InChI is InChI=1S/C19H22N2O4S2/c1-3-14-5-7-15(8-6-14)25-11-12-27(22,23)21-19-20-17-10-9-16(24-4-2)13-18(17)26-19/h5-10,13H,3-4,11-12H2,1-2H3,(H,20,21). The van der Waals surface area contributed by atoms with E-state index in [4.69, 9.17) is 9.47 Å². The average molecular weight is 407 g/mol. The topological polar surface area (TPSA) is 77.5 Å². The van der Waals surface area contributed by atoms with Gasteiger partial charge in [-0.05, 0) is 49.2 Å². The SMILES string of the molecule is CCOc1ccc2nc(NS(=O)(=O)CCOc3ccc(CC)cc3)sc2c1. The number of nitrogens with one attached hydrogen (secondary N) is 1. The number of hydrogen-bond donors (Lipinski definition) is 1. The lowest BCUT2D eigenvalue weighted by Gasteiger charge is -2.08. The molecule has 8 heteroatoms. The van der Waals surface area contributed by atoms with Crippen LogP contribution in [0.15, 0.2) is 42.5 Å². The first-order valence-electron chi connectivity index (χ1n) is 8.74. The van der Waals surface area contributed by atoms with E-state index >= 15 is 0 Å². The number of nitrogens with zero attached hydrogens (tertiary/aromatic N) is 1. The molecule has 27 heavy (non-hydrogen) atoms. The summed E-state index contributed by atoms with van der Waals surface area (Å²) < 4.78 is 38.9. The van der Waals surface area contributed by atoms with Crippen molar-refractivity contribution in [3.63, 3.8) is 0 Å². The van der Waals surface area contributed by atoms with Crippen molar-refractivity contribution in [2.45, 2.75) is 20.3 Å². The van der Waals surface area contributed by atoms with E-state index < -0.39 is 10.0 Å². The Hall–Kier alpha value is -2.32. The number of rotatable bonds is 9. The average Bonchev–Trinajstić information content (AvgIpc) is 3.03. The molecule has 0 spiro atoms. The zero-order valence-corrected chi connectivity index (χ0v) is 16.9. The Morgan fingerprint density at radius 3 is 2.48 bits per heavy atom. The van der Waals surface area contributed by atoms with Crippen LogP contribution in [0.2, 0.25) is 0 Å². The van der Waals surface area contributed by atoms with Crippen LogP contribution in [0.4, 0.5) is 5.13 Å². The summed E-state index contributed by atoms with van der Waals surface area (Å²) in [6.45, 7) is 4.63. The third-order valence-electron chi connectivity index (χ3n) is 3.87. The van der Waals surface area contributed by atoms with Crippen LogP contribution in [-0.4, -0.2) is 32.4 Å². The van der Waals surface area contributed by atoms with Crippen LogP contribution in [0.3, 0.4) is 0 Å². The summed E-state index contributed by atoms with van der Waals surface area (Å²) in [5.74, 6) is 1.25. The van der Waals surface area contributed by atoms with Crippen molar-refractivity contribution in [1.82, 2.24) is 4.98 Å². The predicted octanol–water partition coefficient (Wildman–Crippen LogP) is 4.08. The fraction of sp³-hybridized carbons (Fsp3) is 0.316. The Morgan fingerprint density at radius 1 is 1.04 bits per heavy atom. The van der Waals surface area contributed by atoms with E-state index in [1.165, 1.54) is 16.9 Å². The van der Waals surface area contributed by atoms with Gasteiger partial charge in [0.25, 0.3) is 0 Å². The summed E-state index contributed by atoms with van der Waals surface area (Å²) in [6.07, 6.45) is 0.951. The van der Waals surface area contributed by atoms with E-state index in [0.717, 1.165) is 22.4 Å². The number of sulfonamides is 1. The predicted molar refractivity (Wildman–Crippen MR) is 110 cm³/mol. The summed E-state index contributed by atoms with van der Waals surface area (Å²) in [7, 11) is -3.54. The zero-order valence-electron chi connectivity index (χ0n) is 15.3. The van der Waals surface area contributed by atoms with Crippen LogP contribution >= 0.6 is 11.3 Å². The van der Waals surface area contributed by atoms with Gasteiger partial charge >= 0.3 is 0 Å². The highest BCUT2D eigenvalue weighted by Crippen LogP contribution is 2.29. The number of anilines is 1. The number of fused-ring (bicyclic) bond motifs is 1. The second kappa shape index (κ2) is 8.58. The molecule has 0 saturated heterocycles. The van der Waals surface area contributed by atoms with Crippen molar-refractivity contribution in [2.24, 2.45) is 0 Å². The van der Waals surface area contributed by atoms with Gasteiger partial charge in [-0.1, -0.05) is 30.4 Å². The number of aromatic nitrogens is 1. The third-order valence-corrected chi connectivity index (χ3v) is 6.14. The van der Waals surface area contributed by atoms with Crippen LogP contribution in [0.1, 0.15) is 19.4 Å². The summed E-state index contributed by atoms with van der Waals surface area (Å²) in [5.41, 5.74) is 1.94. The Kier molecular flexibility index (Phi) is 6.18. The molecule has 0 fully saturated rings. The highest BCUT2D eigenvalue weighted by molar-refractivity contribution is 7.92. The zero-order chi connectivity index (χ0) is 19.3. The number of ether oxygens (including phenoxy) is 2. The largest absolute Gasteiger partial charge is 0.494 e. The van der Waals surface area contributed by atoms with Crippen LogP contribution in [0.25, 0.3) is 10.2 Å². The number of benzene rings is 2. The lowest BCUT2D eigenvalue weighted by atomic mass is 10.2. The molecule has 3 aromatic rings.